The molecule has 0 spiro atoms. The maximum absolute atomic E-state index is 13.1. The third kappa shape index (κ3) is 4.99. The first-order chi connectivity index (χ1) is 8.95. The number of hydrogen-bond donors (Lipinski definition) is 2. The number of anilines is 1. The van der Waals surface area contributed by atoms with Crippen LogP contribution in [0, 0.1) is 5.82 Å². The number of amides is 1. The summed E-state index contributed by atoms with van der Waals surface area (Å²) in [5, 5.41) is 6.03. The number of halogens is 3. The first kappa shape index (κ1) is 16.2. The summed E-state index contributed by atoms with van der Waals surface area (Å²) in [6, 6.07) is 2.06. The van der Waals surface area contributed by atoms with Crippen molar-refractivity contribution in [1.82, 2.24) is 5.32 Å². The molecule has 3 nitrogen and oxygen atoms in total. The van der Waals surface area contributed by atoms with Gasteiger partial charge in [0.05, 0.1) is 10.7 Å². The maximum Gasteiger partial charge on any atom is 0.242 e. The molecular formula is C13H17BrClFN2O. The van der Waals surface area contributed by atoms with E-state index in [-0.39, 0.29) is 10.9 Å². The van der Waals surface area contributed by atoms with Crippen molar-refractivity contribution in [3.05, 3.63) is 27.4 Å². The molecule has 0 aliphatic carbocycles. The maximum atomic E-state index is 13.1. The third-order valence-corrected chi connectivity index (χ3v) is 3.51. The number of hydrogen-bond acceptors (Lipinski definition) is 2. The second-order valence-electron chi connectivity index (χ2n) is 4.26. The predicted molar refractivity (Wildman–Crippen MR) is 80.1 cm³/mol. The van der Waals surface area contributed by atoms with Gasteiger partial charge in [-0.05, 0) is 41.4 Å². The fraction of sp³-hybridized carbons (Fsp3) is 0.462. The molecule has 2 N–H and O–H groups in total. The van der Waals surface area contributed by atoms with Gasteiger partial charge in [0.2, 0.25) is 5.91 Å². The monoisotopic (exact) mass is 350 g/mol. The molecule has 6 heteroatoms. The van der Waals surface area contributed by atoms with E-state index < -0.39 is 11.9 Å². The quantitative estimate of drug-likeness (QED) is 0.762. The van der Waals surface area contributed by atoms with E-state index in [1.165, 1.54) is 12.1 Å². The Morgan fingerprint density at radius 3 is 2.79 bits per heavy atom. The molecule has 0 heterocycles. The van der Waals surface area contributed by atoms with Crippen molar-refractivity contribution >= 4 is 39.1 Å². The molecule has 1 amide bonds. The van der Waals surface area contributed by atoms with E-state index in [1.807, 2.05) is 0 Å². The molecule has 0 bridgehead atoms. The van der Waals surface area contributed by atoms with Crippen LogP contribution in [0.4, 0.5) is 10.1 Å². The number of unbranched alkanes of at least 4 members (excludes halogenated alkanes) is 1. The van der Waals surface area contributed by atoms with Gasteiger partial charge in [0.25, 0.3) is 0 Å². The average molecular weight is 352 g/mol. The molecule has 106 valence electrons. The average Bonchev–Trinajstić information content (AvgIpc) is 2.33. The van der Waals surface area contributed by atoms with Gasteiger partial charge < -0.3 is 10.6 Å². The van der Waals surface area contributed by atoms with Crippen molar-refractivity contribution < 1.29 is 9.18 Å². The van der Waals surface area contributed by atoms with Crippen molar-refractivity contribution in [1.29, 1.82) is 0 Å². The third-order valence-electron chi connectivity index (χ3n) is 2.59. The summed E-state index contributed by atoms with van der Waals surface area (Å²) in [4.78, 5) is 11.8. The van der Waals surface area contributed by atoms with E-state index in [0.717, 1.165) is 12.8 Å². The summed E-state index contributed by atoms with van der Waals surface area (Å²) in [6.07, 6.45) is 1.97. The zero-order valence-corrected chi connectivity index (χ0v) is 13.2. The van der Waals surface area contributed by atoms with Crippen LogP contribution in [0.25, 0.3) is 0 Å². The molecular weight excluding hydrogens is 335 g/mol. The fourth-order valence-electron chi connectivity index (χ4n) is 1.50. The molecule has 1 aromatic carbocycles. The summed E-state index contributed by atoms with van der Waals surface area (Å²) >= 11 is 9.17. The molecule has 19 heavy (non-hydrogen) atoms. The highest BCUT2D eigenvalue weighted by Crippen LogP contribution is 2.32. The Morgan fingerprint density at radius 1 is 1.53 bits per heavy atom. The molecule has 0 saturated carbocycles. The van der Waals surface area contributed by atoms with Crippen molar-refractivity contribution in [2.45, 2.75) is 32.7 Å². The van der Waals surface area contributed by atoms with E-state index in [9.17, 15) is 9.18 Å². The van der Waals surface area contributed by atoms with Crippen LogP contribution in [-0.4, -0.2) is 18.5 Å². The number of rotatable bonds is 6. The predicted octanol–water partition coefficient (Wildman–Crippen LogP) is 3.96. The Labute approximate surface area is 126 Å². The van der Waals surface area contributed by atoms with E-state index in [1.54, 1.807) is 6.92 Å². The highest BCUT2D eigenvalue weighted by atomic mass is 79.9. The molecule has 1 atom stereocenters. The second kappa shape index (κ2) is 7.70. The van der Waals surface area contributed by atoms with Crippen LogP contribution in [0.3, 0.4) is 0 Å². The fourth-order valence-corrected chi connectivity index (χ4v) is 2.43. The lowest BCUT2D eigenvalue weighted by Gasteiger charge is -2.17. The molecule has 0 aromatic heterocycles. The summed E-state index contributed by atoms with van der Waals surface area (Å²) in [6.45, 7) is 4.44. The van der Waals surface area contributed by atoms with Gasteiger partial charge in [-0.1, -0.05) is 24.9 Å². The first-order valence-electron chi connectivity index (χ1n) is 6.14. The lowest BCUT2D eigenvalue weighted by Crippen LogP contribution is -2.38. The summed E-state index contributed by atoms with van der Waals surface area (Å²) in [5.74, 6) is -0.539. The van der Waals surface area contributed by atoms with Crippen LogP contribution in [0.15, 0.2) is 16.6 Å². The van der Waals surface area contributed by atoms with Gasteiger partial charge in [-0.3, -0.25) is 4.79 Å². The molecule has 1 aromatic rings. The second-order valence-corrected chi connectivity index (χ2v) is 5.52. The lowest BCUT2D eigenvalue weighted by atomic mass is 10.2. The number of nitrogens with one attached hydrogen (secondary N) is 2. The Kier molecular flexibility index (Phi) is 6.58. The van der Waals surface area contributed by atoms with E-state index in [4.69, 9.17) is 11.6 Å². The van der Waals surface area contributed by atoms with E-state index in [2.05, 4.69) is 33.5 Å². The summed E-state index contributed by atoms with van der Waals surface area (Å²) in [5.41, 5.74) is 0.515. The van der Waals surface area contributed by atoms with E-state index in [0.29, 0.717) is 16.7 Å². The molecule has 0 saturated heterocycles. The highest BCUT2D eigenvalue weighted by molar-refractivity contribution is 9.10. The topological polar surface area (TPSA) is 41.1 Å². The molecule has 1 rings (SSSR count). The van der Waals surface area contributed by atoms with Crippen LogP contribution in [0.2, 0.25) is 5.02 Å². The van der Waals surface area contributed by atoms with E-state index >= 15 is 0 Å². The molecule has 0 aliphatic rings. The zero-order chi connectivity index (χ0) is 14.4. The minimum Gasteiger partial charge on any atom is -0.372 e. The van der Waals surface area contributed by atoms with Gasteiger partial charge in [0.1, 0.15) is 11.9 Å². The largest absolute Gasteiger partial charge is 0.372 e. The van der Waals surface area contributed by atoms with Crippen molar-refractivity contribution in [3.8, 4) is 0 Å². The van der Waals surface area contributed by atoms with Gasteiger partial charge in [0.15, 0.2) is 0 Å². The molecule has 0 fully saturated rings. The molecule has 1 unspecified atom stereocenters. The SMILES string of the molecule is CCCCNC(=O)C(C)Nc1c(Cl)cc(F)cc1Br. The number of carbonyl (C=O) groups excluding carboxylic acids is 1. The van der Waals surface area contributed by atoms with Crippen molar-refractivity contribution in [2.24, 2.45) is 0 Å². The smallest absolute Gasteiger partial charge is 0.242 e. The summed E-state index contributed by atoms with van der Waals surface area (Å²) < 4.78 is 13.6. The van der Waals surface area contributed by atoms with Crippen LogP contribution in [0.1, 0.15) is 26.7 Å². The van der Waals surface area contributed by atoms with Gasteiger partial charge in [-0.2, -0.15) is 0 Å². The van der Waals surface area contributed by atoms with Crippen LogP contribution < -0.4 is 10.6 Å². The number of carbonyl (C=O) groups is 1. The zero-order valence-electron chi connectivity index (χ0n) is 10.9. The Morgan fingerprint density at radius 2 is 2.21 bits per heavy atom. The van der Waals surface area contributed by atoms with Gasteiger partial charge >= 0.3 is 0 Å². The standard InChI is InChI=1S/C13H17BrClFN2O/c1-3-4-5-17-13(19)8(2)18-12-10(14)6-9(16)7-11(12)15/h6-8,18H,3-5H2,1-2H3,(H,17,19). The Hall–Kier alpha value is -0.810. The van der Waals surface area contributed by atoms with Gasteiger partial charge in [-0.25, -0.2) is 4.39 Å². The van der Waals surface area contributed by atoms with Crippen LogP contribution in [-0.2, 0) is 4.79 Å². The molecule has 0 radical (unpaired) electrons. The summed E-state index contributed by atoms with van der Waals surface area (Å²) in [7, 11) is 0. The van der Waals surface area contributed by atoms with Crippen molar-refractivity contribution in [3.63, 3.8) is 0 Å². The van der Waals surface area contributed by atoms with Crippen LogP contribution in [0.5, 0.6) is 0 Å². The highest BCUT2D eigenvalue weighted by Gasteiger charge is 2.16. The normalized spacial score (nSPS) is 12.1. The number of benzene rings is 1. The molecule has 0 aliphatic heterocycles. The van der Waals surface area contributed by atoms with Gasteiger partial charge in [-0.15, -0.1) is 0 Å². The van der Waals surface area contributed by atoms with Crippen LogP contribution >= 0.6 is 27.5 Å². The van der Waals surface area contributed by atoms with Crippen molar-refractivity contribution in [2.75, 3.05) is 11.9 Å². The van der Waals surface area contributed by atoms with Gasteiger partial charge in [0, 0.05) is 11.0 Å². The Balaban J connectivity index is 2.66. The minimum atomic E-state index is -0.448. The Bertz CT molecular complexity index is 433. The lowest BCUT2D eigenvalue weighted by molar-refractivity contribution is -0.121. The first-order valence-corrected chi connectivity index (χ1v) is 7.31. The minimum absolute atomic E-state index is 0.110.